The van der Waals surface area contributed by atoms with Gasteiger partial charge >= 0.3 is 0 Å². The second-order valence-electron chi connectivity index (χ2n) is 10.4. The van der Waals surface area contributed by atoms with Crippen LogP contribution in [0.3, 0.4) is 0 Å². The van der Waals surface area contributed by atoms with E-state index >= 15 is 0 Å². The molecule has 0 bridgehead atoms. The lowest BCUT2D eigenvalue weighted by Gasteiger charge is -2.14. The first-order valence-electron chi connectivity index (χ1n) is 13.3. The molecule has 184 valence electrons. The molecule has 3 heteroatoms. The van der Waals surface area contributed by atoms with E-state index in [0.29, 0.717) is 0 Å². The van der Waals surface area contributed by atoms with Crippen LogP contribution in [0, 0.1) is 13.8 Å². The smallest absolute Gasteiger partial charge is 0.0964 e. The van der Waals surface area contributed by atoms with E-state index in [1.54, 1.807) is 0 Å². The van der Waals surface area contributed by atoms with Crippen molar-refractivity contribution in [2.75, 3.05) is 0 Å². The summed E-state index contributed by atoms with van der Waals surface area (Å²) in [6.07, 6.45) is 3.83. The van der Waals surface area contributed by atoms with Crippen LogP contribution in [0.2, 0.25) is 0 Å². The Morgan fingerprint density at radius 1 is 0.564 bits per heavy atom. The predicted octanol–water partition coefficient (Wildman–Crippen LogP) is 9.32. The minimum absolute atomic E-state index is 0.941. The molecule has 0 atom stereocenters. The Morgan fingerprint density at radius 3 is 2.26 bits per heavy atom. The maximum Gasteiger partial charge on any atom is 0.0964 e. The molecule has 0 saturated heterocycles. The van der Waals surface area contributed by atoms with Crippen molar-refractivity contribution >= 4 is 54.3 Å². The highest BCUT2D eigenvalue weighted by atomic mass is 15.0. The van der Waals surface area contributed by atoms with Gasteiger partial charge in [-0.05, 0) is 65.4 Å². The van der Waals surface area contributed by atoms with Gasteiger partial charge in [-0.3, -0.25) is 9.97 Å². The molecule has 0 aliphatic carbocycles. The molecule has 5 aromatic carbocycles. The highest BCUT2D eigenvalue weighted by Gasteiger charge is 2.17. The lowest BCUT2D eigenvalue weighted by atomic mass is 9.96. The fourth-order valence-corrected chi connectivity index (χ4v) is 6.19. The number of hydrogen-bond donors (Lipinski definition) is 0. The Hall–Kier alpha value is -5.02. The summed E-state index contributed by atoms with van der Waals surface area (Å²) in [6, 6.07) is 37.1. The Kier molecular flexibility index (Phi) is 4.65. The van der Waals surface area contributed by atoms with Crippen molar-refractivity contribution in [1.29, 1.82) is 0 Å². The van der Waals surface area contributed by atoms with Crippen molar-refractivity contribution < 1.29 is 0 Å². The Labute approximate surface area is 226 Å². The molecule has 0 spiro atoms. The van der Waals surface area contributed by atoms with Gasteiger partial charge in [-0.1, -0.05) is 78.9 Å². The highest BCUT2D eigenvalue weighted by molar-refractivity contribution is 6.13. The zero-order chi connectivity index (χ0) is 26.1. The summed E-state index contributed by atoms with van der Waals surface area (Å²) in [6.45, 7) is 4.46. The molecule has 0 unspecified atom stereocenters. The molecule has 3 nitrogen and oxygen atoms in total. The van der Waals surface area contributed by atoms with Crippen molar-refractivity contribution in [3.63, 3.8) is 0 Å². The third kappa shape index (κ3) is 3.23. The number of benzene rings is 5. The Balaban J connectivity index is 1.39. The van der Waals surface area contributed by atoms with E-state index in [9.17, 15) is 0 Å². The van der Waals surface area contributed by atoms with Gasteiger partial charge in [-0.25, -0.2) is 0 Å². The molecule has 0 radical (unpaired) electrons. The first-order valence-corrected chi connectivity index (χ1v) is 13.3. The quantitative estimate of drug-likeness (QED) is 0.222. The summed E-state index contributed by atoms with van der Waals surface area (Å²) in [5.41, 5.74) is 9.21. The molecule has 0 saturated carbocycles. The topological polar surface area (TPSA) is 30.7 Å². The van der Waals surface area contributed by atoms with Crippen LogP contribution in [0.15, 0.2) is 116 Å². The number of rotatable bonds is 2. The van der Waals surface area contributed by atoms with E-state index in [-0.39, 0.29) is 0 Å². The van der Waals surface area contributed by atoms with Gasteiger partial charge in [0.2, 0.25) is 0 Å². The third-order valence-electron chi connectivity index (χ3n) is 8.26. The summed E-state index contributed by atoms with van der Waals surface area (Å²) >= 11 is 0. The average Bonchev–Trinajstić information content (AvgIpc) is 3.25. The minimum atomic E-state index is 0.941. The second kappa shape index (κ2) is 8.24. The lowest BCUT2D eigenvalue weighted by molar-refractivity contribution is 1.05. The van der Waals surface area contributed by atoms with Gasteiger partial charge in [0.05, 0.1) is 16.6 Å². The molecular formula is C36H25N3. The fourth-order valence-electron chi connectivity index (χ4n) is 6.19. The molecular weight excluding hydrogens is 474 g/mol. The molecule has 0 N–H and O–H groups in total. The predicted molar refractivity (Wildman–Crippen MR) is 164 cm³/mol. The van der Waals surface area contributed by atoms with Crippen molar-refractivity contribution in [1.82, 2.24) is 14.5 Å². The monoisotopic (exact) mass is 499 g/mol. The van der Waals surface area contributed by atoms with Gasteiger partial charge in [0, 0.05) is 50.9 Å². The second-order valence-corrected chi connectivity index (χ2v) is 10.4. The Bertz CT molecular complexity index is 2260. The molecule has 39 heavy (non-hydrogen) atoms. The van der Waals surface area contributed by atoms with E-state index in [0.717, 1.165) is 27.4 Å². The molecule has 3 heterocycles. The molecule has 0 aliphatic rings. The van der Waals surface area contributed by atoms with E-state index < -0.39 is 0 Å². The summed E-state index contributed by atoms with van der Waals surface area (Å²) in [5, 5.41) is 8.48. The normalized spacial score (nSPS) is 11.8. The van der Waals surface area contributed by atoms with Crippen LogP contribution in [-0.2, 0) is 0 Å². The van der Waals surface area contributed by atoms with E-state index in [1.165, 1.54) is 55.0 Å². The van der Waals surface area contributed by atoms with E-state index in [2.05, 4.69) is 120 Å². The molecule has 0 fully saturated rings. The lowest BCUT2D eigenvalue weighted by Crippen LogP contribution is -1.97. The van der Waals surface area contributed by atoms with Gasteiger partial charge in [-0.15, -0.1) is 0 Å². The molecule has 0 aliphatic heterocycles. The van der Waals surface area contributed by atoms with Gasteiger partial charge < -0.3 is 4.57 Å². The van der Waals surface area contributed by atoms with Crippen LogP contribution in [0.4, 0.5) is 0 Å². The van der Waals surface area contributed by atoms with Crippen LogP contribution < -0.4 is 0 Å². The number of aromatic nitrogens is 3. The van der Waals surface area contributed by atoms with Crippen molar-refractivity contribution in [2.45, 2.75) is 13.8 Å². The molecule has 8 rings (SSSR count). The fraction of sp³-hybridized carbons (Fsp3) is 0.0556. The van der Waals surface area contributed by atoms with E-state index in [1.807, 2.05) is 18.5 Å². The standard InChI is InChI=1S/C36H25N3/c1-22-23(2)39(29-15-14-24-7-3-4-8-26(24)20-29)36-30(22)16-17-32-31(10-5-11-33(32)36)28-19-27-13-12-25-9-6-18-37-34(25)35(27)38-21-28/h3-21H,1-2H3. The van der Waals surface area contributed by atoms with Gasteiger partial charge in [-0.2, -0.15) is 0 Å². The summed E-state index contributed by atoms with van der Waals surface area (Å²) in [4.78, 5) is 9.50. The zero-order valence-corrected chi connectivity index (χ0v) is 21.8. The highest BCUT2D eigenvalue weighted by Crippen LogP contribution is 2.39. The average molecular weight is 500 g/mol. The van der Waals surface area contributed by atoms with Crippen molar-refractivity contribution in [3.8, 4) is 16.8 Å². The minimum Gasteiger partial charge on any atom is -0.313 e. The van der Waals surface area contributed by atoms with Crippen LogP contribution in [0.5, 0.6) is 0 Å². The van der Waals surface area contributed by atoms with Crippen LogP contribution in [0.25, 0.3) is 71.1 Å². The van der Waals surface area contributed by atoms with Crippen LogP contribution in [-0.4, -0.2) is 14.5 Å². The van der Waals surface area contributed by atoms with Crippen molar-refractivity contribution in [3.05, 3.63) is 127 Å². The summed E-state index contributed by atoms with van der Waals surface area (Å²) in [7, 11) is 0. The largest absolute Gasteiger partial charge is 0.313 e. The first-order chi connectivity index (χ1) is 19.2. The third-order valence-corrected chi connectivity index (χ3v) is 8.26. The van der Waals surface area contributed by atoms with Gasteiger partial charge in [0.1, 0.15) is 0 Å². The SMILES string of the molecule is Cc1c(C)n(-c2ccc3ccccc3c2)c2c1ccc1c(-c3cnc4c(ccc5cccnc54)c3)cccc12. The number of hydrogen-bond acceptors (Lipinski definition) is 2. The van der Waals surface area contributed by atoms with Crippen LogP contribution >= 0.6 is 0 Å². The molecule has 8 aromatic rings. The number of fused-ring (bicyclic) bond motifs is 7. The number of pyridine rings is 2. The zero-order valence-electron chi connectivity index (χ0n) is 21.8. The molecule has 3 aromatic heterocycles. The number of nitrogens with zero attached hydrogens (tertiary/aromatic N) is 3. The van der Waals surface area contributed by atoms with Gasteiger partial charge in [0.15, 0.2) is 0 Å². The maximum atomic E-state index is 4.90. The molecule has 0 amide bonds. The first kappa shape index (κ1) is 22.0. The Morgan fingerprint density at radius 2 is 1.33 bits per heavy atom. The van der Waals surface area contributed by atoms with Crippen LogP contribution in [0.1, 0.15) is 11.3 Å². The number of aryl methyl sites for hydroxylation is 1. The van der Waals surface area contributed by atoms with Gasteiger partial charge in [0.25, 0.3) is 0 Å². The maximum absolute atomic E-state index is 4.90. The van der Waals surface area contributed by atoms with E-state index in [4.69, 9.17) is 4.98 Å². The summed E-state index contributed by atoms with van der Waals surface area (Å²) < 4.78 is 2.43. The summed E-state index contributed by atoms with van der Waals surface area (Å²) in [5.74, 6) is 0. The van der Waals surface area contributed by atoms with Crippen molar-refractivity contribution in [2.24, 2.45) is 0 Å².